The Bertz CT molecular complexity index is 1310. The normalized spacial score (nSPS) is 9.64. The summed E-state index contributed by atoms with van der Waals surface area (Å²) in [6.45, 7) is 0. The Kier molecular flexibility index (Phi) is 15.1. The maximum Gasteiger partial charge on any atom is 2.00 e. The summed E-state index contributed by atoms with van der Waals surface area (Å²) in [5.41, 5.74) is 0.605. The first kappa shape index (κ1) is 33.3. The van der Waals surface area contributed by atoms with Gasteiger partial charge in [0.25, 0.3) is 0 Å². The molecular weight excluding hydrogens is 882 g/mol. The average Bonchev–Trinajstić information content (AvgIpc) is 3.75. The van der Waals surface area contributed by atoms with Gasteiger partial charge in [-0.05, 0) is 36.4 Å². The maximum absolute atomic E-state index is 12.4. The maximum atomic E-state index is 12.4. The molecule has 6 aromatic rings. The molecule has 0 N–H and O–H groups in total. The molecule has 0 radical (unpaired) electrons. The number of halogens is 4. The van der Waals surface area contributed by atoms with E-state index in [0.717, 1.165) is 6.07 Å². The van der Waals surface area contributed by atoms with Crippen LogP contribution in [0.2, 0.25) is 0 Å². The Balaban J connectivity index is 0.000000281. The smallest absolute Gasteiger partial charge is 0.582 e. The molecule has 6 rings (SSSR count). The Morgan fingerprint density at radius 3 is 1.44 bits per heavy atom. The summed E-state index contributed by atoms with van der Waals surface area (Å²) in [5, 5.41) is 27.2. The van der Waals surface area contributed by atoms with E-state index in [1.807, 2.05) is 6.07 Å². The van der Waals surface area contributed by atoms with Gasteiger partial charge < -0.3 is 40.8 Å². The molecule has 0 atom stereocenters. The van der Waals surface area contributed by atoms with E-state index in [-0.39, 0.29) is 47.8 Å². The van der Waals surface area contributed by atoms with Crippen molar-refractivity contribution in [1.29, 1.82) is 0 Å². The Hall–Kier alpha value is -3.76. The molecule has 0 aliphatic rings. The summed E-state index contributed by atoms with van der Waals surface area (Å²) in [6.07, 6.45) is 5.21. The van der Waals surface area contributed by atoms with Crippen LogP contribution in [-0.2, 0) is 48.3 Å². The Morgan fingerprint density at radius 1 is 0.615 bits per heavy atom. The molecule has 0 bridgehead atoms. The van der Waals surface area contributed by atoms with E-state index in [4.69, 9.17) is 0 Å². The van der Waals surface area contributed by atoms with E-state index in [2.05, 4.69) is 50.8 Å². The van der Waals surface area contributed by atoms with Crippen molar-refractivity contribution in [1.82, 2.24) is 50.8 Å². The van der Waals surface area contributed by atoms with E-state index in [0.29, 0.717) is 17.1 Å². The molecule has 16 heteroatoms. The fourth-order valence-electron chi connectivity index (χ4n) is 2.37. The van der Waals surface area contributed by atoms with Crippen LogP contribution in [0.3, 0.4) is 0 Å². The van der Waals surface area contributed by atoms with E-state index in [1.54, 1.807) is 73.4 Å². The zero-order valence-corrected chi connectivity index (χ0v) is 23.9. The van der Waals surface area contributed by atoms with Gasteiger partial charge in [-0.2, -0.15) is 30.0 Å². The number of pyridine rings is 2. The van der Waals surface area contributed by atoms with E-state index >= 15 is 0 Å². The first-order valence-electron chi connectivity index (χ1n) is 10.3. The Labute approximate surface area is 248 Å². The van der Waals surface area contributed by atoms with Gasteiger partial charge in [-0.15, -0.1) is 0 Å². The SMILES string of the molecule is FC(F)(F)c1cc(-c2ccccn2)[n-]n1.Fc1cc(-c2ccccn2)[n-]n1.[Pt+2].[Pt+2].c1cn[n-]c1.c1cn[n-]c1. The number of hydrogen-bond acceptors (Lipinski definition) is 6. The molecule has 39 heavy (non-hydrogen) atoms. The van der Waals surface area contributed by atoms with Crippen molar-refractivity contribution in [2.45, 2.75) is 6.18 Å². The molecule has 10 nitrogen and oxygen atoms in total. The first-order chi connectivity index (χ1) is 17.9. The van der Waals surface area contributed by atoms with Gasteiger partial charge in [-0.1, -0.05) is 35.7 Å². The second kappa shape index (κ2) is 17.7. The molecular formula is C23H16F4N10Pt2. The minimum atomic E-state index is -4.46. The summed E-state index contributed by atoms with van der Waals surface area (Å²) >= 11 is 0. The molecule has 0 saturated heterocycles. The molecule has 0 amide bonds. The third kappa shape index (κ3) is 12.1. The second-order valence-electron chi connectivity index (χ2n) is 6.54. The van der Waals surface area contributed by atoms with Crippen LogP contribution in [0.1, 0.15) is 5.69 Å². The van der Waals surface area contributed by atoms with Crippen LogP contribution in [0.15, 0.2) is 97.8 Å². The molecule has 0 unspecified atom stereocenters. The Morgan fingerprint density at radius 2 is 1.13 bits per heavy atom. The van der Waals surface area contributed by atoms with Crippen LogP contribution in [-0.4, -0.2) is 30.4 Å². The van der Waals surface area contributed by atoms with Crippen LogP contribution in [0, 0.1) is 5.95 Å². The molecule has 0 aromatic carbocycles. The van der Waals surface area contributed by atoms with E-state index in [9.17, 15) is 17.6 Å². The molecule has 0 fully saturated rings. The largest absolute Gasteiger partial charge is 2.00 e. The third-order valence-electron chi connectivity index (χ3n) is 3.94. The van der Waals surface area contributed by atoms with Gasteiger partial charge in [0.2, 0.25) is 0 Å². The van der Waals surface area contributed by atoms with Gasteiger partial charge in [-0.3, -0.25) is 9.97 Å². The van der Waals surface area contributed by atoms with Crippen molar-refractivity contribution < 1.29 is 59.7 Å². The minimum absolute atomic E-state index is 0. The van der Waals surface area contributed by atoms with Crippen molar-refractivity contribution >= 4 is 0 Å². The van der Waals surface area contributed by atoms with E-state index in [1.165, 1.54) is 12.3 Å². The van der Waals surface area contributed by atoms with Gasteiger partial charge >= 0.3 is 48.3 Å². The number of rotatable bonds is 2. The van der Waals surface area contributed by atoms with Gasteiger partial charge in [0.15, 0.2) is 5.95 Å². The molecule has 0 aliphatic carbocycles. The van der Waals surface area contributed by atoms with Crippen LogP contribution in [0.5, 0.6) is 0 Å². The number of aromatic nitrogens is 10. The number of alkyl halides is 3. The zero-order valence-electron chi connectivity index (χ0n) is 19.4. The standard InChI is InChI=1S/C9H5F3N3.C8H5FN3.2C3H3N2.2Pt/c10-9(11,12)8-5-7(14-15-8)6-3-1-2-4-13-6;9-8-5-7(11-12-8)6-3-1-2-4-10-6;2*1-2-4-5-3-1;;/h1-5H;1-5H;2*1-3H;;/q4*-1;2*+2. The molecule has 6 aromatic heterocycles. The number of nitrogens with zero attached hydrogens (tertiary/aromatic N) is 10. The van der Waals surface area contributed by atoms with Crippen molar-refractivity contribution in [3.8, 4) is 22.8 Å². The van der Waals surface area contributed by atoms with Gasteiger partial charge in [0.05, 0.1) is 0 Å². The fourth-order valence-corrected chi connectivity index (χ4v) is 2.37. The molecule has 206 valence electrons. The van der Waals surface area contributed by atoms with Gasteiger partial charge in [0.1, 0.15) is 5.69 Å². The molecule has 6 heterocycles. The quantitative estimate of drug-likeness (QED) is 0.238. The van der Waals surface area contributed by atoms with Crippen molar-refractivity contribution in [3.05, 3.63) is 109 Å². The van der Waals surface area contributed by atoms with E-state index < -0.39 is 17.8 Å². The first-order valence-corrected chi connectivity index (χ1v) is 10.3. The molecule has 0 aliphatic heterocycles. The molecule has 0 spiro atoms. The number of hydrogen-bond donors (Lipinski definition) is 0. The minimum Gasteiger partial charge on any atom is -0.582 e. The van der Waals surface area contributed by atoms with Crippen LogP contribution >= 0.6 is 0 Å². The summed E-state index contributed by atoms with van der Waals surface area (Å²) < 4.78 is 49.0. The molecule has 0 saturated carbocycles. The van der Waals surface area contributed by atoms with Gasteiger partial charge in [-0.25, -0.2) is 0 Å². The van der Waals surface area contributed by atoms with Crippen molar-refractivity contribution in [2.24, 2.45) is 0 Å². The predicted molar refractivity (Wildman–Crippen MR) is 122 cm³/mol. The fraction of sp³-hybridized carbons (Fsp3) is 0.0435. The third-order valence-corrected chi connectivity index (χ3v) is 3.94. The predicted octanol–water partition coefficient (Wildman–Crippen LogP) is 3.43. The van der Waals surface area contributed by atoms with Crippen LogP contribution in [0.4, 0.5) is 17.6 Å². The summed E-state index contributed by atoms with van der Waals surface area (Å²) in [5.74, 6) is -0.573. The van der Waals surface area contributed by atoms with Gasteiger partial charge in [0, 0.05) is 36.2 Å². The van der Waals surface area contributed by atoms with Crippen molar-refractivity contribution in [3.63, 3.8) is 0 Å². The van der Waals surface area contributed by atoms with Crippen LogP contribution in [0.25, 0.3) is 22.8 Å². The second-order valence-corrected chi connectivity index (χ2v) is 6.54. The zero-order chi connectivity index (χ0) is 26.3. The average molecular weight is 899 g/mol. The van der Waals surface area contributed by atoms with Crippen LogP contribution < -0.4 is 20.4 Å². The monoisotopic (exact) mass is 898 g/mol. The summed E-state index contributed by atoms with van der Waals surface area (Å²) in [7, 11) is 0. The summed E-state index contributed by atoms with van der Waals surface area (Å²) in [4.78, 5) is 7.87. The van der Waals surface area contributed by atoms with Crippen molar-refractivity contribution in [2.75, 3.05) is 0 Å². The summed E-state index contributed by atoms with van der Waals surface area (Å²) in [6, 6.07) is 16.0. The topological polar surface area (TPSA) is 134 Å².